The van der Waals surface area contributed by atoms with Crippen LogP contribution in [-0.2, 0) is 4.74 Å². The third-order valence-electron chi connectivity index (χ3n) is 4.39. The molecule has 2 rings (SSSR count). The van der Waals surface area contributed by atoms with Crippen molar-refractivity contribution in [2.75, 3.05) is 32.8 Å². The first kappa shape index (κ1) is 14.3. The smallest absolute Gasteiger partial charge is 0.0699 e. The standard InChI is InChI=1S/C15H30N2O/c1-14-7-2-4-10-17(14)11-6-9-16-13-15-8-3-5-12-18-15/h14-16H,2-13H2,1H3. The van der Waals surface area contributed by atoms with E-state index >= 15 is 0 Å². The van der Waals surface area contributed by atoms with E-state index in [1.165, 1.54) is 58.0 Å². The van der Waals surface area contributed by atoms with E-state index < -0.39 is 0 Å². The maximum absolute atomic E-state index is 5.72. The van der Waals surface area contributed by atoms with Crippen molar-refractivity contribution in [3.8, 4) is 0 Å². The lowest BCUT2D eigenvalue weighted by Crippen LogP contribution is -2.39. The Morgan fingerprint density at radius 1 is 1.17 bits per heavy atom. The third-order valence-corrected chi connectivity index (χ3v) is 4.39. The van der Waals surface area contributed by atoms with E-state index in [4.69, 9.17) is 4.74 Å². The molecule has 18 heavy (non-hydrogen) atoms. The lowest BCUT2D eigenvalue weighted by molar-refractivity contribution is 0.0169. The normalized spacial score (nSPS) is 30.5. The summed E-state index contributed by atoms with van der Waals surface area (Å²) in [6.07, 6.45) is 9.81. The van der Waals surface area contributed by atoms with E-state index in [0.29, 0.717) is 6.10 Å². The molecule has 2 fully saturated rings. The first-order valence-electron chi connectivity index (χ1n) is 7.92. The highest BCUT2D eigenvalue weighted by molar-refractivity contribution is 4.73. The van der Waals surface area contributed by atoms with E-state index in [2.05, 4.69) is 17.1 Å². The molecule has 2 aliphatic heterocycles. The van der Waals surface area contributed by atoms with Crippen LogP contribution in [0.1, 0.15) is 51.9 Å². The van der Waals surface area contributed by atoms with E-state index in [9.17, 15) is 0 Å². The molecule has 0 radical (unpaired) electrons. The van der Waals surface area contributed by atoms with Gasteiger partial charge in [-0.2, -0.15) is 0 Å². The summed E-state index contributed by atoms with van der Waals surface area (Å²) in [7, 11) is 0. The topological polar surface area (TPSA) is 24.5 Å². The molecule has 0 aromatic heterocycles. The second-order valence-corrected chi connectivity index (χ2v) is 5.93. The molecule has 106 valence electrons. The van der Waals surface area contributed by atoms with Gasteiger partial charge in [-0.25, -0.2) is 0 Å². The van der Waals surface area contributed by atoms with Crippen LogP contribution in [-0.4, -0.2) is 49.8 Å². The van der Waals surface area contributed by atoms with Gasteiger partial charge in [-0.3, -0.25) is 0 Å². The molecule has 2 heterocycles. The van der Waals surface area contributed by atoms with Gasteiger partial charge in [0.1, 0.15) is 0 Å². The molecule has 0 bridgehead atoms. The Morgan fingerprint density at radius 2 is 2.06 bits per heavy atom. The van der Waals surface area contributed by atoms with Crippen molar-refractivity contribution in [2.24, 2.45) is 0 Å². The molecular weight excluding hydrogens is 224 g/mol. The van der Waals surface area contributed by atoms with Gasteiger partial charge >= 0.3 is 0 Å². The quantitative estimate of drug-likeness (QED) is 0.737. The molecule has 1 N–H and O–H groups in total. The van der Waals surface area contributed by atoms with Gasteiger partial charge in [0.15, 0.2) is 0 Å². The summed E-state index contributed by atoms with van der Waals surface area (Å²) in [6.45, 7) is 8.12. The Hall–Kier alpha value is -0.120. The molecule has 0 saturated carbocycles. The predicted octanol–water partition coefficient (Wildman–Crippen LogP) is 2.41. The van der Waals surface area contributed by atoms with Crippen molar-refractivity contribution in [1.29, 1.82) is 0 Å². The molecule has 0 aliphatic carbocycles. The second-order valence-electron chi connectivity index (χ2n) is 5.93. The highest BCUT2D eigenvalue weighted by Gasteiger charge is 2.17. The lowest BCUT2D eigenvalue weighted by Gasteiger charge is -2.33. The molecule has 3 heteroatoms. The van der Waals surface area contributed by atoms with E-state index in [1.807, 2.05) is 0 Å². The van der Waals surface area contributed by atoms with Gasteiger partial charge in [-0.15, -0.1) is 0 Å². The summed E-state index contributed by atoms with van der Waals surface area (Å²) in [6, 6.07) is 0.806. The zero-order chi connectivity index (χ0) is 12.6. The number of nitrogens with one attached hydrogen (secondary N) is 1. The van der Waals surface area contributed by atoms with Gasteiger partial charge in [-0.1, -0.05) is 6.42 Å². The number of hydrogen-bond acceptors (Lipinski definition) is 3. The highest BCUT2D eigenvalue weighted by Crippen LogP contribution is 2.16. The molecule has 3 nitrogen and oxygen atoms in total. The highest BCUT2D eigenvalue weighted by atomic mass is 16.5. The molecule has 2 unspecified atom stereocenters. The molecular formula is C15H30N2O. The number of piperidine rings is 1. The maximum atomic E-state index is 5.72. The van der Waals surface area contributed by atoms with Gasteiger partial charge in [0, 0.05) is 19.2 Å². The van der Waals surface area contributed by atoms with Gasteiger partial charge in [0.05, 0.1) is 6.10 Å². The monoisotopic (exact) mass is 254 g/mol. The SMILES string of the molecule is CC1CCCCN1CCCNCC1CCCCO1. The predicted molar refractivity (Wildman–Crippen MR) is 76.0 cm³/mol. The number of likely N-dealkylation sites (tertiary alicyclic amines) is 1. The number of hydrogen-bond donors (Lipinski definition) is 1. The fourth-order valence-corrected chi connectivity index (χ4v) is 3.13. The zero-order valence-electron chi connectivity index (χ0n) is 12.0. The third kappa shape index (κ3) is 4.87. The van der Waals surface area contributed by atoms with Crippen molar-refractivity contribution in [2.45, 2.75) is 64.0 Å². The van der Waals surface area contributed by atoms with Crippen LogP contribution in [0.25, 0.3) is 0 Å². The number of nitrogens with zero attached hydrogens (tertiary/aromatic N) is 1. The minimum atomic E-state index is 0.479. The summed E-state index contributed by atoms with van der Waals surface area (Å²) in [4.78, 5) is 2.66. The van der Waals surface area contributed by atoms with Gasteiger partial charge in [0.25, 0.3) is 0 Å². The first-order valence-corrected chi connectivity index (χ1v) is 7.92. The Balaban J connectivity index is 1.47. The second kappa shape index (κ2) is 8.13. The summed E-state index contributed by atoms with van der Waals surface area (Å²) >= 11 is 0. The zero-order valence-corrected chi connectivity index (χ0v) is 12.0. The fraction of sp³-hybridized carbons (Fsp3) is 1.00. The molecule has 2 atom stereocenters. The van der Waals surface area contributed by atoms with Crippen molar-refractivity contribution in [3.05, 3.63) is 0 Å². The Kier molecular flexibility index (Phi) is 6.46. The van der Waals surface area contributed by atoms with Crippen LogP contribution < -0.4 is 5.32 Å². The summed E-state index contributed by atoms with van der Waals surface area (Å²) < 4.78 is 5.72. The number of rotatable bonds is 6. The minimum absolute atomic E-state index is 0.479. The Labute approximate surface area is 112 Å². The molecule has 0 aromatic rings. The maximum Gasteiger partial charge on any atom is 0.0699 e. The minimum Gasteiger partial charge on any atom is -0.377 e. The van der Waals surface area contributed by atoms with Crippen LogP contribution in [0.3, 0.4) is 0 Å². The first-order chi connectivity index (χ1) is 8.86. The Morgan fingerprint density at radius 3 is 2.83 bits per heavy atom. The van der Waals surface area contributed by atoms with Crippen molar-refractivity contribution < 1.29 is 4.74 Å². The molecule has 0 spiro atoms. The van der Waals surface area contributed by atoms with E-state index in [0.717, 1.165) is 25.7 Å². The van der Waals surface area contributed by atoms with Crippen LogP contribution in [0.2, 0.25) is 0 Å². The molecule has 0 aromatic carbocycles. The molecule has 2 aliphatic rings. The summed E-state index contributed by atoms with van der Waals surface area (Å²) in [5.41, 5.74) is 0. The summed E-state index contributed by atoms with van der Waals surface area (Å²) in [5, 5.41) is 3.56. The Bertz CT molecular complexity index is 217. The van der Waals surface area contributed by atoms with Gasteiger partial charge in [0.2, 0.25) is 0 Å². The largest absolute Gasteiger partial charge is 0.377 e. The number of ether oxygens (including phenoxy) is 1. The van der Waals surface area contributed by atoms with Crippen molar-refractivity contribution in [1.82, 2.24) is 10.2 Å². The van der Waals surface area contributed by atoms with Gasteiger partial charge in [-0.05, 0) is 65.1 Å². The van der Waals surface area contributed by atoms with Crippen LogP contribution >= 0.6 is 0 Å². The average Bonchev–Trinajstić information content (AvgIpc) is 2.42. The van der Waals surface area contributed by atoms with E-state index in [1.54, 1.807) is 0 Å². The van der Waals surface area contributed by atoms with Crippen LogP contribution in [0.5, 0.6) is 0 Å². The van der Waals surface area contributed by atoms with Crippen LogP contribution in [0.4, 0.5) is 0 Å². The van der Waals surface area contributed by atoms with Crippen LogP contribution in [0.15, 0.2) is 0 Å². The fourth-order valence-electron chi connectivity index (χ4n) is 3.13. The van der Waals surface area contributed by atoms with Crippen molar-refractivity contribution >= 4 is 0 Å². The molecule has 0 amide bonds. The van der Waals surface area contributed by atoms with Crippen molar-refractivity contribution in [3.63, 3.8) is 0 Å². The van der Waals surface area contributed by atoms with Gasteiger partial charge < -0.3 is 15.0 Å². The summed E-state index contributed by atoms with van der Waals surface area (Å²) in [5.74, 6) is 0. The van der Waals surface area contributed by atoms with E-state index in [-0.39, 0.29) is 0 Å². The average molecular weight is 254 g/mol. The van der Waals surface area contributed by atoms with Crippen LogP contribution in [0, 0.1) is 0 Å². The lowest BCUT2D eigenvalue weighted by atomic mass is 10.0. The molecule has 2 saturated heterocycles.